The van der Waals surface area contributed by atoms with Crippen LogP contribution in [0.5, 0.6) is 0 Å². The molecule has 0 bridgehead atoms. The number of aromatic nitrogens is 3. The van der Waals surface area contributed by atoms with Crippen LogP contribution in [0.2, 0.25) is 0 Å². The van der Waals surface area contributed by atoms with Crippen LogP contribution in [0, 0.1) is 0 Å². The highest BCUT2D eigenvalue weighted by Gasteiger charge is 2.08. The van der Waals surface area contributed by atoms with Gasteiger partial charge in [0.2, 0.25) is 5.91 Å². The summed E-state index contributed by atoms with van der Waals surface area (Å²) in [5, 5.41) is 10.9. The summed E-state index contributed by atoms with van der Waals surface area (Å²) in [6.45, 7) is 0.350. The van der Waals surface area contributed by atoms with E-state index in [1.165, 1.54) is 11.8 Å². The molecule has 0 aliphatic rings. The van der Waals surface area contributed by atoms with E-state index in [-0.39, 0.29) is 5.91 Å². The van der Waals surface area contributed by atoms with Crippen molar-refractivity contribution in [2.45, 2.75) is 11.4 Å². The number of thioether (sulfide) groups is 1. The Morgan fingerprint density at radius 1 is 1.04 bits per heavy atom. The highest BCUT2D eigenvalue weighted by Crippen LogP contribution is 2.16. The van der Waals surface area contributed by atoms with E-state index < -0.39 is 0 Å². The van der Waals surface area contributed by atoms with Crippen molar-refractivity contribution in [2.75, 3.05) is 5.75 Å². The quantitative estimate of drug-likeness (QED) is 0.708. The topological polar surface area (TPSA) is 59.8 Å². The zero-order valence-electron chi connectivity index (χ0n) is 12.4. The predicted octanol–water partition coefficient (Wildman–Crippen LogP) is 2.68. The maximum absolute atomic E-state index is 12.0. The summed E-state index contributed by atoms with van der Waals surface area (Å²) in [5.74, 6) is 1.06. The van der Waals surface area contributed by atoms with Crippen LogP contribution in [0.1, 0.15) is 5.82 Å². The van der Waals surface area contributed by atoms with E-state index >= 15 is 0 Å². The molecular formula is C17H16N4OS. The van der Waals surface area contributed by atoms with Gasteiger partial charge in [-0.1, -0.05) is 36.4 Å². The molecule has 1 heterocycles. The molecule has 1 aromatic heterocycles. The summed E-state index contributed by atoms with van der Waals surface area (Å²) < 4.78 is 1.87. The van der Waals surface area contributed by atoms with Gasteiger partial charge in [0.1, 0.15) is 6.33 Å². The van der Waals surface area contributed by atoms with Gasteiger partial charge >= 0.3 is 0 Å². The maximum Gasteiger partial charge on any atom is 0.230 e. The number of para-hydroxylation sites is 1. The number of benzene rings is 2. The summed E-state index contributed by atoms with van der Waals surface area (Å²) in [4.78, 5) is 13.0. The first-order chi connectivity index (χ1) is 11.3. The summed E-state index contributed by atoms with van der Waals surface area (Å²) in [7, 11) is 0. The number of carbonyl (C=O) groups is 1. The average molecular weight is 324 g/mol. The minimum absolute atomic E-state index is 0.0264. The molecule has 5 nitrogen and oxygen atoms in total. The van der Waals surface area contributed by atoms with Crippen LogP contribution < -0.4 is 5.32 Å². The first-order valence-corrected chi connectivity index (χ1v) is 8.20. The van der Waals surface area contributed by atoms with Crippen molar-refractivity contribution in [3.8, 4) is 5.69 Å². The molecule has 116 valence electrons. The molecule has 1 N–H and O–H groups in total. The van der Waals surface area contributed by atoms with E-state index in [1.807, 2.05) is 65.2 Å². The molecule has 6 heteroatoms. The fourth-order valence-corrected chi connectivity index (χ4v) is 2.83. The van der Waals surface area contributed by atoms with E-state index in [0.717, 1.165) is 10.6 Å². The number of rotatable bonds is 6. The fraction of sp³-hybridized carbons (Fsp3) is 0.118. The molecule has 0 radical (unpaired) electrons. The number of amides is 1. The molecule has 0 saturated heterocycles. The first kappa shape index (κ1) is 15.3. The van der Waals surface area contributed by atoms with E-state index in [0.29, 0.717) is 18.1 Å². The van der Waals surface area contributed by atoms with Crippen LogP contribution in [0.3, 0.4) is 0 Å². The molecule has 1 amide bonds. The Morgan fingerprint density at radius 2 is 1.74 bits per heavy atom. The van der Waals surface area contributed by atoms with Gasteiger partial charge in [-0.2, -0.15) is 0 Å². The van der Waals surface area contributed by atoms with Crippen molar-refractivity contribution in [3.05, 3.63) is 72.8 Å². The molecule has 0 spiro atoms. The number of hydrogen-bond donors (Lipinski definition) is 1. The predicted molar refractivity (Wildman–Crippen MR) is 90.4 cm³/mol. The lowest BCUT2D eigenvalue weighted by molar-refractivity contribution is -0.118. The van der Waals surface area contributed by atoms with Gasteiger partial charge in [-0.05, 0) is 24.3 Å². The van der Waals surface area contributed by atoms with Crippen molar-refractivity contribution >= 4 is 17.7 Å². The van der Waals surface area contributed by atoms with Gasteiger partial charge in [-0.15, -0.1) is 22.0 Å². The van der Waals surface area contributed by atoms with Gasteiger partial charge in [0, 0.05) is 10.6 Å². The van der Waals surface area contributed by atoms with Crippen molar-refractivity contribution < 1.29 is 4.79 Å². The van der Waals surface area contributed by atoms with E-state index in [9.17, 15) is 4.79 Å². The number of nitrogens with one attached hydrogen (secondary N) is 1. The summed E-state index contributed by atoms with van der Waals surface area (Å²) in [6, 6.07) is 19.7. The van der Waals surface area contributed by atoms with Gasteiger partial charge in [0.05, 0.1) is 12.3 Å². The Labute approximate surface area is 138 Å². The lowest BCUT2D eigenvalue weighted by Crippen LogP contribution is -2.26. The Morgan fingerprint density at radius 3 is 2.48 bits per heavy atom. The van der Waals surface area contributed by atoms with Crippen molar-refractivity contribution in [1.29, 1.82) is 0 Å². The number of nitrogens with zero attached hydrogens (tertiary/aromatic N) is 3. The molecule has 3 aromatic rings. The lowest BCUT2D eigenvalue weighted by atomic mass is 10.3. The normalized spacial score (nSPS) is 10.4. The highest BCUT2D eigenvalue weighted by atomic mass is 32.2. The molecule has 23 heavy (non-hydrogen) atoms. The zero-order chi connectivity index (χ0) is 15.9. The largest absolute Gasteiger partial charge is 0.348 e. The zero-order valence-corrected chi connectivity index (χ0v) is 13.2. The van der Waals surface area contributed by atoms with Crippen LogP contribution in [0.15, 0.2) is 71.9 Å². The van der Waals surface area contributed by atoms with Gasteiger partial charge in [0.15, 0.2) is 5.82 Å². The number of carbonyl (C=O) groups excluding carboxylic acids is 1. The van der Waals surface area contributed by atoms with Crippen LogP contribution in [0.25, 0.3) is 5.69 Å². The summed E-state index contributed by atoms with van der Waals surface area (Å²) in [6.07, 6.45) is 1.65. The van der Waals surface area contributed by atoms with Crippen LogP contribution in [-0.4, -0.2) is 26.4 Å². The molecule has 0 fully saturated rings. The van der Waals surface area contributed by atoms with Crippen molar-refractivity contribution in [1.82, 2.24) is 20.1 Å². The van der Waals surface area contributed by atoms with Crippen LogP contribution >= 0.6 is 11.8 Å². The third kappa shape index (κ3) is 4.20. The Balaban J connectivity index is 1.55. The van der Waals surface area contributed by atoms with Crippen molar-refractivity contribution in [2.24, 2.45) is 0 Å². The van der Waals surface area contributed by atoms with Crippen LogP contribution in [-0.2, 0) is 11.3 Å². The monoisotopic (exact) mass is 324 g/mol. The second-order valence-electron chi connectivity index (χ2n) is 4.83. The SMILES string of the molecule is O=C(CSc1ccccc1)NCc1nncn1-c1ccccc1. The lowest BCUT2D eigenvalue weighted by Gasteiger charge is -2.07. The van der Waals surface area contributed by atoms with E-state index in [2.05, 4.69) is 15.5 Å². The van der Waals surface area contributed by atoms with E-state index in [1.54, 1.807) is 6.33 Å². The smallest absolute Gasteiger partial charge is 0.230 e. The molecule has 0 aliphatic heterocycles. The molecule has 0 aliphatic carbocycles. The molecule has 0 unspecified atom stereocenters. The second kappa shape index (κ2) is 7.60. The highest BCUT2D eigenvalue weighted by molar-refractivity contribution is 8.00. The minimum Gasteiger partial charge on any atom is -0.348 e. The third-order valence-corrected chi connectivity index (χ3v) is 4.22. The molecular weight excluding hydrogens is 308 g/mol. The second-order valence-corrected chi connectivity index (χ2v) is 5.88. The van der Waals surface area contributed by atoms with Crippen molar-refractivity contribution in [3.63, 3.8) is 0 Å². The average Bonchev–Trinajstić information content (AvgIpc) is 3.08. The summed E-state index contributed by atoms with van der Waals surface area (Å²) >= 11 is 1.51. The first-order valence-electron chi connectivity index (χ1n) is 7.22. The Bertz CT molecular complexity index is 759. The number of hydrogen-bond acceptors (Lipinski definition) is 4. The van der Waals surface area contributed by atoms with Gasteiger partial charge < -0.3 is 5.32 Å². The fourth-order valence-electron chi connectivity index (χ4n) is 2.08. The summed E-state index contributed by atoms with van der Waals surface area (Å²) in [5.41, 5.74) is 0.973. The van der Waals surface area contributed by atoms with E-state index in [4.69, 9.17) is 0 Å². The molecule has 3 rings (SSSR count). The van der Waals surface area contributed by atoms with Crippen LogP contribution in [0.4, 0.5) is 0 Å². The standard InChI is InChI=1S/C17H16N4OS/c22-17(12-23-15-9-5-2-6-10-15)18-11-16-20-19-13-21(16)14-7-3-1-4-8-14/h1-10,13H,11-12H2,(H,18,22). The third-order valence-electron chi connectivity index (χ3n) is 3.21. The van der Waals surface area contributed by atoms with Gasteiger partial charge in [-0.25, -0.2) is 0 Å². The maximum atomic E-state index is 12.0. The molecule has 0 saturated carbocycles. The Hall–Kier alpha value is -2.60. The Kier molecular flexibility index (Phi) is 5.06. The minimum atomic E-state index is -0.0264. The van der Waals surface area contributed by atoms with Gasteiger partial charge in [-0.3, -0.25) is 9.36 Å². The molecule has 2 aromatic carbocycles. The molecule has 0 atom stereocenters. The van der Waals surface area contributed by atoms with Gasteiger partial charge in [0.25, 0.3) is 0 Å².